The quantitative estimate of drug-likeness (QED) is 0.664. The summed E-state index contributed by atoms with van der Waals surface area (Å²) >= 11 is 0. The number of ether oxygens (including phenoxy) is 1. The lowest BCUT2D eigenvalue weighted by Gasteiger charge is -2.21. The molecule has 2 unspecified atom stereocenters. The van der Waals surface area contributed by atoms with Crippen LogP contribution in [0.4, 0.5) is 0 Å². The van der Waals surface area contributed by atoms with Crippen molar-refractivity contribution in [2.24, 2.45) is 0 Å². The van der Waals surface area contributed by atoms with Gasteiger partial charge in [0.15, 0.2) is 0 Å². The maximum absolute atomic E-state index is 6.05. The zero-order chi connectivity index (χ0) is 13.4. The topological polar surface area (TPSA) is 21.3 Å². The molecule has 1 N–H and O–H groups in total. The Labute approximate surface area is 114 Å². The van der Waals surface area contributed by atoms with Crippen LogP contribution in [0, 0.1) is 0 Å². The minimum Gasteiger partial charge on any atom is -0.372 e. The maximum atomic E-state index is 6.05. The fourth-order valence-corrected chi connectivity index (χ4v) is 2.92. The number of rotatable bonds is 9. The van der Waals surface area contributed by atoms with E-state index >= 15 is 0 Å². The van der Waals surface area contributed by atoms with E-state index in [0.717, 1.165) is 12.6 Å². The molecule has 2 atom stereocenters. The molecule has 1 fully saturated rings. The smallest absolute Gasteiger partial charge is 0.0631 e. The SMILES string of the molecule is CCCNC(CCC)CCCC1CCC(C)(C)O1. The molecule has 2 heteroatoms. The van der Waals surface area contributed by atoms with Crippen LogP contribution in [0.15, 0.2) is 0 Å². The predicted molar refractivity (Wildman–Crippen MR) is 79.0 cm³/mol. The van der Waals surface area contributed by atoms with Gasteiger partial charge in [-0.05, 0) is 65.3 Å². The fourth-order valence-electron chi connectivity index (χ4n) is 2.92. The van der Waals surface area contributed by atoms with Gasteiger partial charge in [-0.3, -0.25) is 0 Å². The van der Waals surface area contributed by atoms with Gasteiger partial charge in [-0.1, -0.05) is 20.3 Å². The molecule has 2 nitrogen and oxygen atoms in total. The third-order valence-electron chi connectivity index (χ3n) is 3.95. The van der Waals surface area contributed by atoms with Crippen LogP contribution in [-0.2, 0) is 4.74 Å². The van der Waals surface area contributed by atoms with Gasteiger partial charge in [0, 0.05) is 6.04 Å². The van der Waals surface area contributed by atoms with E-state index in [1.54, 1.807) is 0 Å². The second-order valence-electron chi connectivity index (χ2n) is 6.41. The molecule has 1 saturated heterocycles. The Bertz CT molecular complexity index is 215. The van der Waals surface area contributed by atoms with Crippen LogP contribution in [0.3, 0.4) is 0 Å². The van der Waals surface area contributed by atoms with Crippen LogP contribution in [0.25, 0.3) is 0 Å². The number of hydrogen-bond acceptors (Lipinski definition) is 2. The van der Waals surface area contributed by atoms with E-state index in [4.69, 9.17) is 4.74 Å². The number of nitrogens with one attached hydrogen (secondary N) is 1. The van der Waals surface area contributed by atoms with Crippen molar-refractivity contribution in [3.05, 3.63) is 0 Å². The molecule has 108 valence electrons. The Kier molecular flexibility index (Phi) is 7.25. The molecule has 1 aliphatic rings. The molecule has 0 spiro atoms. The first-order chi connectivity index (χ1) is 8.57. The van der Waals surface area contributed by atoms with Crippen LogP contribution in [-0.4, -0.2) is 24.3 Å². The van der Waals surface area contributed by atoms with Crippen molar-refractivity contribution >= 4 is 0 Å². The third kappa shape index (κ3) is 6.19. The van der Waals surface area contributed by atoms with Gasteiger partial charge in [-0.15, -0.1) is 0 Å². The zero-order valence-corrected chi connectivity index (χ0v) is 12.9. The summed E-state index contributed by atoms with van der Waals surface area (Å²) in [5, 5.41) is 3.67. The van der Waals surface area contributed by atoms with Gasteiger partial charge in [-0.2, -0.15) is 0 Å². The molecule has 1 rings (SSSR count). The Morgan fingerprint density at radius 2 is 2.00 bits per heavy atom. The molecule has 1 heterocycles. The van der Waals surface area contributed by atoms with E-state index in [2.05, 4.69) is 33.0 Å². The van der Waals surface area contributed by atoms with Crippen LogP contribution in [0.2, 0.25) is 0 Å². The second-order valence-corrected chi connectivity index (χ2v) is 6.41. The van der Waals surface area contributed by atoms with Gasteiger partial charge in [0.25, 0.3) is 0 Å². The first kappa shape index (κ1) is 16.0. The maximum Gasteiger partial charge on any atom is 0.0631 e. The summed E-state index contributed by atoms with van der Waals surface area (Å²) in [4.78, 5) is 0. The van der Waals surface area contributed by atoms with E-state index in [1.165, 1.54) is 51.4 Å². The van der Waals surface area contributed by atoms with Gasteiger partial charge in [0.05, 0.1) is 11.7 Å². The van der Waals surface area contributed by atoms with Crippen molar-refractivity contribution in [3.8, 4) is 0 Å². The standard InChI is InChI=1S/C16H33NO/c1-5-8-14(17-13-6-2)9-7-10-15-11-12-16(3,4)18-15/h14-15,17H,5-13H2,1-4H3. The Hall–Kier alpha value is -0.0800. The molecule has 0 radical (unpaired) electrons. The molecule has 1 aliphatic heterocycles. The van der Waals surface area contributed by atoms with E-state index in [1.807, 2.05) is 0 Å². The average Bonchev–Trinajstić information content (AvgIpc) is 2.66. The normalized spacial score (nSPS) is 24.3. The lowest BCUT2D eigenvalue weighted by molar-refractivity contribution is -0.0193. The first-order valence-electron chi connectivity index (χ1n) is 7.98. The van der Waals surface area contributed by atoms with Gasteiger partial charge < -0.3 is 10.1 Å². The summed E-state index contributed by atoms with van der Waals surface area (Å²) in [7, 11) is 0. The van der Waals surface area contributed by atoms with Crippen LogP contribution < -0.4 is 5.32 Å². The van der Waals surface area contributed by atoms with E-state index < -0.39 is 0 Å². The van der Waals surface area contributed by atoms with Crippen molar-refractivity contribution in [2.75, 3.05) is 6.54 Å². The molecule has 0 amide bonds. The monoisotopic (exact) mass is 255 g/mol. The molecular weight excluding hydrogens is 222 g/mol. The van der Waals surface area contributed by atoms with E-state index in [-0.39, 0.29) is 5.60 Å². The lowest BCUT2D eigenvalue weighted by Crippen LogP contribution is -2.29. The minimum absolute atomic E-state index is 0.133. The molecule has 0 aromatic carbocycles. The fraction of sp³-hybridized carbons (Fsp3) is 1.00. The molecular formula is C16H33NO. The Morgan fingerprint density at radius 3 is 2.56 bits per heavy atom. The molecule has 0 aromatic rings. The van der Waals surface area contributed by atoms with Gasteiger partial charge >= 0.3 is 0 Å². The zero-order valence-electron chi connectivity index (χ0n) is 12.9. The Morgan fingerprint density at radius 1 is 1.22 bits per heavy atom. The van der Waals surface area contributed by atoms with Crippen molar-refractivity contribution in [2.45, 2.75) is 96.8 Å². The summed E-state index contributed by atoms with van der Waals surface area (Å²) in [6, 6.07) is 0.726. The highest BCUT2D eigenvalue weighted by atomic mass is 16.5. The minimum atomic E-state index is 0.133. The largest absolute Gasteiger partial charge is 0.372 e. The van der Waals surface area contributed by atoms with Crippen LogP contribution in [0.1, 0.15) is 79.1 Å². The molecule has 0 aliphatic carbocycles. The molecule has 0 bridgehead atoms. The summed E-state index contributed by atoms with van der Waals surface area (Å²) in [6.07, 6.45) is 10.7. The van der Waals surface area contributed by atoms with Crippen LogP contribution in [0.5, 0.6) is 0 Å². The number of hydrogen-bond donors (Lipinski definition) is 1. The summed E-state index contributed by atoms with van der Waals surface area (Å²) in [5.74, 6) is 0. The van der Waals surface area contributed by atoms with Gasteiger partial charge in [0.2, 0.25) is 0 Å². The van der Waals surface area contributed by atoms with Gasteiger partial charge in [-0.25, -0.2) is 0 Å². The molecule has 0 aromatic heterocycles. The van der Waals surface area contributed by atoms with Crippen molar-refractivity contribution in [1.29, 1.82) is 0 Å². The summed E-state index contributed by atoms with van der Waals surface area (Å²) < 4.78 is 6.05. The highest BCUT2D eigenvalue weighted by Crippen LogP contribution is 2.31. The van der Waals surface area contributed by atoms with E-state index in [0.29, 0.717) is 6.10 Å². The summed E-state index contributed by atoms with van der Waals surface area (Å²) in [5.41, 5.74) is 0.133. The first-order valence-corrected chi connectivity index (χ1v) is 7.98. The third-order valence-corrected chi connectivity index (χ3v) is 3.95. The van der Waals surface area contributed by atoms with Crippen LogP contribution >= 0.6 is 0 Å². The second kappa shape index (κ2) is 8.16. The highest BCUT2D eigenvalue weighted by molar-refractivity contribution is 4.81. The lowest BCUT2D eigenvalue weighted by atomic mass is 10.0. The molecule has 18 heavy (non-hydrogen) atoms. The summed E-state index contributed by atoms with van der Waals surface area (Å²) in [6.45, 7) is 10.1. The van der Waals surface area contributed by atoms with Crippen molar-refractivity contribution in [3.63, 3.8) is 0 Å². The molecule has 0 saturated carbocycles. The Balaban J connectivity index is 2.14. The van der Waals surface area contributed by atoms with Crippen molar-refractivity contribution < 1.29 is 4.74 Å². The van der Waals surface area contributed by atoms with Crippen molar-refractivity contribution in [1.82, 2.24) is 5.32 Å². The highest BCUT2D eigenvalue weighted by Gasteiger charge is 2.31. The average molecular weight is 255 g/mol. The predicted octanol–water partition coefficient (Wildman–Crippen LogP) is 4.28. The van der Waals surface area contributed by atoms with Gasteiger partial charge in [0.1, 0.15) is 0 Å². The van der Waals surface area contributed by atoms with E-state index in [9.17, 15) is 0 Å².